The average molecular weight is 262 g/mol. The molecule has 3 nitrogen and oxygen atoms in total. The number of hydrogen-bond acceptors (Lipinski definition) is 3. The summed E-state index contributed by atoms with van der Waals surface area (Å²) in [5.74, 6) is 0.947. The molecule has 0 aromatic heterocycles. The number of likely N-dealkylation sites (tertiary alicyclic amines) is 1. The first kappa shape index (κ1) is 14.4. The number of nitrogens with zero attached hydrogens (tertiary/aromatic N) is 1. The van der Waals surface area contributed by atoms with E-state index in [1.54, 1.807) is 7.11 Å². The predicted molar refractivity (Wildman–Crippen MR) is 79.8 cm³/mol. The summed E-state index contributed by atoms with van der Waals surface area (Å²) in [6, 6.07) is 8.90. The van der Waals surface area contributed by atoms with E-state index in [1.807, 2.05) is 6.07 Å². The highest BCUT2D eigenvalue weighted by molar-refractivity contribution is 5.28. The molecule has 3 heteroatoms. The van der Waals surface area contributed by atoms with Crippen LogP contribution in [0.25, 0.3) is 0 Å². The van der Waals surface area contributed by atoms with Crippen molar-refractivity contribution < 1.29 is 4.74 Å². The number of hydrogen-bond donors (Lipinski definition) is 1. The van der Waals surface area contributed by atoms with E-state index in [0.717, 1.165) is 18.7 Å². The third-order valence-electron chi connectivity index (χ3n) is 3.77. The molecular weight excluding hydrogens is 236 g/mol. The van der Waals surface area contributed by atoms with E-state index in [1.165, 1.54) is 38.0 Å². The highest BCUT2D eigenvalue weighted by Crippen LogP contribution is 2.12. The molecule has 0 amide bonds. The fraction of sp³-hybridized carbons (Fsp3) is 0.625. The van der Waals surface area contributed by atoms with Crippen LogP contribution in [-0.4, -0.2) is 44.2 Å². The van der Waals surface area contributed by atoms with Crippen molar-refractivity contribution >= 4 is 0 Å². The molecule has 1 N–H and O–H groups in total. The SMILES string of the molecule is COc1cccc(CCNC(C)CN2CCCC2)c1. The van der Waals surface area contributed by atoms with Crippen molar-refractivity contribution in [2.24, 2.45) is 0 Å². The zero-order valence-corrected chi connectivity index (χ0v) is 12.2. The van der Waals surface area contributed by atoms with Gasteiger partial charge in [-0.2, -0.15) is 0 Å². The Kier molecular flexibility index (Phi) is 5.67. The summed E-state index contributed by atoms with van der Waals surface area (Å²) in [5, 5.41) is 3.61. The van der Waals surface area contributed by atoms with E-state index in [0.29, 0.717) is 6.04 Å². The minimum absolute atomic E-state index is 0.573. The normalized spacial score (nSPS) is 17.6. The first-order valence-corrected chi connectivity index (χ1v) is 7.36. The van der Waals surface area contributed by atoms with Crippen molar-refractivity contribution in [1.29, 1.82) is 0 Å². The van der Waals surface area contributed by atoms with Crippen molar-refractivity contribution in [2.45, 2.75) is 32.2 Å². The van der Waals surface area contributed by atoms with Crippen molar-refractivity contribution in [2.75, 3.05) is 33.3 Å². The smallest absolute Gasteiger partial charge is 0.119 e. The number of rotatable bonds is 7. The molecule has 0 radical (unpaired) electrons. The summed E-state index contributed by atoms with van der Waals surface area (Å²) < 4.78 is 5.24. The predicted octanol–water partition coefficient (Wildman–Crippen LogP) is 2.31. The van der Waals surface area contributed by atoms with Gasteiger partial charge in [-0.15, -0.1) is 0 Å². The molecule has 0 saturated carbocycles. The minimum Gasteiger partial charge on any atom is -0.497 e. The summed E-state index contributed by atoms with van der Waals surface area (Å²) in [6.45, 7) is 7.05. The van der Waals surface area contributed by atoms with Gasteiger partial charge in [-0.25, -0.2) is 0 Å². The van der Waals surface area contributed by atoms with E-state index in [9.17, 15) is 0 Å². The summed E-state index contributed by atoms with van der Waals surface area (Å²) >= 11 is 0. The second kappa shape index (κ2) is 7.51. The zero-order valence-electron chi connectivity index (χ0n) is 12.2. The van der Waals surface area contributed by atoms with Crippen LogP contribution < -0.4 is 10.1 Å². The molecule has 1 aromatic carbocycles. The van der Waals surface area contributed by atoms with Gasteiger partial charge in [0.25, 0.3) is 0 Å². The van der Waals surface area contributed by atoms with Crippen LogP contribution >= 0.6 is 0 Å². The van der Waals surface area contributed by atoms with Gasteiger partial charge in [-0.3, -0.25) is 0 Å². The third-order valence-corrected chi connectivity index (χ3v) is 3.77. The topological polar surface area (TPSA) is 24.5 Å². The van der Waals surface area contributed by atoms with E-state index < -0.39 is 0 Å². The van der Waals surface area contributed by atoms with Crippen molar-refractivity contribution in [3.8, 4) is 5.75 Å². The second-order valence-corrected chi connectivity index (χ2v) is 5.46. The lowest BCUT2D eigenvalue weighted by Gasteiger charge is -2.21. The molecule has 106 valence electrons. The Morgan fingerprint density at radius 3 is 2.84 bits per heavy atom. The molecule has 1 aliphatic rings. The lowest BCUT2D eigenvalue weighted by Crippen LogP contribution is -2.38. The Balaban J connectivity index is 1.67. The van der Waals surface area contributed by atoms with Crippen LogP contribution in [0.4, 0.5) is 0 Å². The first-order chi connectivity index (χ1) is 9.28. The van der Waals surface area contributed by atoms with Crippen molar-refractivity contribution in [3.05, 3.63) is 29.8 Å². The van der Waals surface area contributed by atoms with Crippen LogP contribution in [0.2, 0.25) is 0 Å². The largest absolute Gasteiger partial charge is 0.497 e. The van der Waals surface area contributed by atoms with E-state index >= 15 is 0 Å². The molecule has 1 fully saturated rings. The molecule has 19 heavy (non-hydrogen) atoms. The van der Waals surface area contributed by atoms with E-state index in [-0.39, 0.29) is 0 Å². The summed E-state index contributed by atoms with van der Waals surface area (Å²) in [5.41, 5.74) is 1.33. The quantitative estimate of drug-likeness (QED) is 0.816. The van der Waals surface area contributed by atoms with Gasteiger partial charge in [0.05, 0.1) is 7.11 Å². The maximum atomic E-state index is 5.24. The van der Waals surface area contributed by atoms with Gasteiger partial charge >= 0.3 is 0 Å². The molecule has 0 aliphatic carbocycles. The molecular formula is C16H26N2O. The van der Waals surface area contributed by atoms with E-state index in [4.69, 9.17) is 4.74 Å². The van der Waals surface area contributed by atoms with E-state index in [2.05, 4.69) is 35.3 Å². The van der Waals surface area contributed by atoms with Crippen LogP contribution in [0, 0.1) is 0 Å². The molecule has 1 unspecified atom stereocenters. The monoisotopic (exact) mass is 262 g/mol. The van der Waals surface area contributed by atoms with Gasteiger partial charge in [0.15, 0.2) is 0 Å². The number of ether oxygens (including phenoxy) is 1. The fourth-order valence-corrected chi connectivity index (χ4v) is 2.71. The van der Waals surface area contributed by atoms with Gasteiger partial charge in [0.2, 0.25) is 0 Å². The van der Waals surface area contributed by atoms with Gasteiger partial charge in [-0.1, -0.05) is 12.1 Å². The van der Waals surface area contributed by atoms with Gasteiger partial charge in [0.1, 0.15) is 5.75 Å². The van der Waals surface area contributed by atoms with Gasteiger partial charge in [0, 0.05) is 12.6 Å². The summed E-state index contributed by atoms with van der Waals surface area (Å²) in [6.07, 6.45) is 3.80. The fourth-order valence-electron chi connectivity index (χ4n) is 2.71. The molecule has 1 heterocycles. The second-order valence-electron chi connectivity index (χ2n) is 5.46. The average Bonchev–Trinajstić information content (AvgIpc) is 2.92. The molecule has 2 rings (SSSR count). The zero-order chi connectivity index (χ0) is 13.5. The Morgan fingerprint density at radius 2 is 2.11 bits per heavy atom. The summed E-state index contributed by atoms with van der Waals surface area (Å²) in [7, 11) is 1.72. The number of methoxy groups -OCH3 is 1. The molecule has 0 spiro atoms. The Labute approximate surface area is 116 Å². The molecule has 1 saturated heterocycles. The Hall–Kier alpha value is -1.06. The van der Waals surface area contributed by atoms with Crippen LogP contribution in [-0.2, 0) is 6.42 Å². The Bertz CT molecular complexity index is 375. The highest BCUT2D eigenvalue weighted by Gasteiger charge is 2.13. The maximum Gasteiger partial charge on any atom is 0.119 e. The molecule has 1 atom stereocenters. The number of benzene rings is 1. The molecule has 1 aliphatic heterocycles. The standard InChI is InChI=1S/C16H26N2O/c1-14(13-18-10-3-4-11-18)17-9-8-15-6-5-7-16(12-15)19-2/h5-7,12,14,17H,3-4,8-11,13H2,1-2H3. The molecule has 0 bridgehead atoms. The van der Waals surface area contributed by atoms with Crippen LogP contribution in [0.15, 0.2) is 24.3 Å². The lowest BCUT2D eigenvalue weighted by atomic mass is 10.1. The van der Waals surface area contributed by atoms with Crippen molar-refractivity contribution in [3.63, 3.8) is 0 Å². The number of nitrogens with one attached hydrogen (secondary N) is 1. The van der Waals surface area contributed by atoms with Crippen LogP contribution in [0.1, 0.15) is 25.3 Å². The van der Waals surface area contributed by atoms with Gasteiger partial charge in [-0.05, 0) is 63.5 Å². The van der Waals surface area contributed by atoms with Crippen molar-refractivity contribution in [1.82, 2.24) is 10.2 Å². The Morgan fingerprint density at radius 1 is 1.32 bits per heavy atom. The lowest BCUT2D eigenvalue weighted by molar-refractivity contribution is 0.299. The summed E-state index contributed by atoms with van der Waals surface area (Å²) in [4.78, 5) is 2.56. The minimum atomic E-state index is 0.573. The first-order valence-electron chi connectivity index (χ1n) is 7.36. The highest BCUT2D eigenvalue weighted by atomic mass is 16.5. The van der Waals surface area contributed by atoms with Gasteiger partial charge < -0.3 is 15.0 Å². The van der Waals surface area contributed by atoms with Crippen LogP contribution in [0.3, 0.4) is 0 Å². The molecule has 1 aromatic rings. The maximum absolute atomic E-state index is 5.24. The third kappa shape index (κ3) is 4.84. The van der Waals surface area contributed by atoms with Crippen LogP contribution in [0.5, 0.6) is 5.75 Å².